The maximum Gasteiger partial charge on any atom is 0.353 e. The Labute approximate surface area is 60.5 Å². The molecule has 0 aliphatic carbocycles. The largest absolute Gasteiger partial charge is 0.370 e. The summed E-state index contributed by atoms with van der Waals surface area (Å²) in [4.78, 5) is 15.3. The molecule has 1 atom stereocenters. The molecule has 0 aromatic rings. The van der Waals surface area contributed by atoms with E-state index in [4.69, 9.17) is 4.74 Å². The van der Waals surface area contributed by atoms with Gasteiger partial charge in [0.25, 0.3) is 0 Å². The van der Waals surface area contributed by atoms with E-state index in [9.17, 15) is 4.79 Å². The molecular formula is C6H13NO3. The van der Waals surface area contributed by atoms with E-state index in [1.807, 2.05) is 6.92 Å². The number of carbonyl (C=O) groups excluding carboxylic acids is 1. The van der Waals surface area contributed by atoms with Crippen LogP contribution in [0.2, 0.25) is 0 Å². The Morgan fingerprint density at radius 3 is 2.60 bits per heavy atom. The lowest BCUT2D eigenvalue weighted by Crippen LogP contribution is -2.28. The Hall–Kier alpha value is -0.610. The molecule has 0 radical (unpaired) electrons. The number of carbonyl (C=O) groups is 1. The Morgan fingerprint density at radius 2 is 2.30 bits per heavy atom. The van der Waals surface area contributed by atoms with Crippen LogP contribution in [0.4, 0.5) is 0 Å². The van der Waals surface area contributed by atoms with Gasteiger partial charge in [0, 0.05) is 14.2 Å². The van der Waals surface area contributed by atoms with Crippen LogP contribution in [0.15, 0.2) is 0 Å². The summed E-state index contributed by atoms with van der Waals surface area (Å²) in [6.45, 7) is 1.85. The fourth-order valence-corrected chi connectivity index (χ4v) is 0.596. The number of ether oxygens (including phenoxy) is 1. The second-order valence-electron chi connectivity index (χ2n) is 1.76. The second kappa shape index (κ2) is 5.20. The first-order valence-corrected chi connectivity index (χ1v) is 3.16. The van der Waals surface area contributed by atoms with Gasteiger partial charge in [-0.25, -0.2) is 4.79 Å². The van der Waals surface area contributed by atoms with Gasteiger partial charge in [-0.3, -0.25) is 0 Å². The molecule has 0 aromatic heterocycles. The Balaban J connectivity index is 3.65. The van der Waals surface area contributed by atoms with Crippen LogP contribution < -0.4 is 5.48 Å². The fraction of sp³-hybridized carbons (Fsp3) is 0.833. The molecule has 0 rings (SSSR count). The van der Waals surface area contributed by atoms with Gasteiger partial charge in [-0.2, -0.15) is 5.48 Å². The second-order valence-corrected chi connectivity index (χ2v) is 1.76. The zero-order valence-electron chi connectivity index (χ0n) is 6.51. The average Bonchev–Trinajstić information content (AvgIpc) is 1.91. The maximum atomic E-state index is 10.8. The highest BCUT2D eigenvalue weighted by Crippen LogP contribution is 1.96. The van der Waals surface area contributed by atoms with Crippen molar-refractivity contribution in [1.29, 1.82) is 0 Å². The topological polar surface area (TPSA) is 47.6 Å². The van der Waals surface area contributed by atoms with Crippen molar-refractivity contribution in [2.24, 2.45) is 0 Å². The monoisotopic (exact) mass is 147 g/mol. The molecule has 1 unspecified atom stereocenters. The van der Waals surface area contributed by atoms with Gasteiger partial charge in [-0.1, -0.05) is 6.92 Å². The van der Waals surface area contributed by atoms with Gasteiger partial charge in [-0.15, -0.1) is 0 Å². The van der Waals surface area contributed by atoms with E-state index < -0.39 is 6.10 Å². The van der Waals surface area contributed by atoms with Gasteiger partial charge >= 0.3 is 5.97 Å². The zero-order valence-corrected chi connectivity index (χ0v) is 6.51. The van der Waals surface area contributed by atoms with Crippen molar-refractivity contribution >= 4 is 5.97 Å². The number of hydrogen-bond acceptors (Lipinski definition) is 4. The molecule has 0 saturated heterocycles. The summed E-state index contributed by atoms with van der Waals surface area (Å²) >= 11 is 0. The lowest BCUT2D eigenvalue weighted by molar-refractivity contribution is -0.162. The maximum absolute atomic E-state index is 10.8. The normalized spacial score (nSPS) is 12.7. The minimum absolute atomic E-state index is 0.382. The molecule has 0 aromatic carbocycles. The standard InChI is InChI=1S/C6H13NO3/c1-4-5(9-3)6(8)10-7-2/h5,7H,4H2,1-3H3. The lowest BCUT2D eigenvalue weighted by Gasteiger charge is -2.09. The third-order valence-corrected chi connectivity index (χ3v) is 1.12. The minimum Gasteiger partial charge on any atom is -0.370 e. The quantitative estimate of drug-likeness (QED) is 0.572. The van der Waals surface area contributed by atoms with Crippen molar-refractivity contribution in [2.45, 2.75) is 19.4 Å². The molecule has 0 aliphatic rings. The van der Waals surface area contributed by atoms with Crippen molar-refractivity contribution in [3.8, 4) is 0 Å². The molecule has 0 spiro atoms. The van der Waals surface area contributed by atoms with Crippen molar-refractivity contribution in [3.63, 3.8) is 0 Å². The molecule has 0 saturated carbocycles. The van der Waals surface area contributed by atoms with Crippen LogP contribution in [-0.2, 0) is 14.4 Å². The molecular weight excluding hydrogens is 134 g/mol. The highest BCUT2D eigenvalue weighted by Gasteiger charge is 2.15. The predicted molar refractivity (Wildman–Crippen MR) is 36.2 cm³/mol. The fourth-order valence-electron chi connectivity index (χ4n) is 0.596. The highest BCUT2D eigenvalue weighted by atomic mass is 16.7. The van der Waals surface area contributed by atoms with Crippen LogP contribution in [0, 0.1) is 0 Å². The molecule has 0 amide bonds. The van der Waals surface area contributed by atoms with E-state index in [2.05, 4.69) is 10.3 Å². The Morgan fingerprint density at radius 1 is 1.70 bits per heavy atom. The van der Waals surface area contributed by atoms with E-state index in [0.717, 1.165) is 0 Å². The SMILES string of the molecule is CCC(OC)C(=O)ONC. The smallest absolute Gasteiger partial charge is 0.353 e. The molecule has 4 heteroatoms. The Kier molecular flexibility index (Phi) is 4.88. The van der Waals surface area contributed by atoms with Crippen LogP contribution in [0.25, 0.3) is 0 Å². The van der Waals surface area contributed by atoms with E-state index in [1.165, 1.54) is 14.2 Å². The van der Waals surface area contributed by atoms with Crippen LogP contribution in [0.3, 0.4) is 0 Å². The first kappa shape index (κ1) is 9.39. The summed E-state index contributed by atoms with van der Waals surface area (Å²) in [5.41, 5.74) is 2.29. The Bertz CT molecular complexity index is 101. The van der Waals surface area contributed by atoms with Crippen molar-refractivity contribution in [3.05, 3.63) is 0 Å². The molecule has 0 heterocycles. The summed E-state index contributed by atoms with van der Waals surface area (Å²) in [5.74, 6) is -0.382. The van der Waals surface area contributed by atoms with Crippen LogP contribution in [-0.4, -0.2) is 26.2 Å². The third kappa shape index (κ3) is 2.80. The van der Waals surface area contributed by atoms with E-state index >= 15 is 0 Å². The zero-order chi connectivity index (χ0) is 7.98. The van der Waals surface area contributed by atoms with Crippen molar-refractivity contribution in [1.82, 2.24) is 5.48 Å². The molecule has 4 nitrogen and oxygen atoms in total. The third-order valence-electron chi connectivity index (χ3n) is 1.12. The number of hydroxylamine groups is 1. The van der Waals surface area contributed by atoms with Gasteiger partial charge < -0.3 is 9.57 Å². The molecule has 1 N–H and O–H groups in total. The van der Waals surface area contributed by atoms with Crippen molar-refractivity contribution < 1.29 is 14.4 Å². The van der Waals surface area contributed by atoms with Crippen LogP contribution in [0.1, 0.15) is 13.3 Å². The number of hydrogen-bond donors (Lipinski definition) is 1. The summed E-state index contributed by atoms with van der Waals surface area (Å²) < 4.78 is 4.80. The van der Waals surface area contributed by atoms with Gasteiger partial charge in [0.1, 0.15) is 0 Å². The summed E-state index contributed by atoms with van der Waals surface area (Å²) in [5, 5.41) is 0. The minimum atomic E-state index is -0.451. The van der Waals surface area contributed by atoms with Crippen LogP contribution >= 0.6 is 0 Å². The van der Waals surface area contributed by atoms with Gasteiger partial charge in [-0.05, 0) is 6.42 Å². The highest BCUT2D eigenvalue weighted by molar-refractivity contribution is 5.74. The van der Waals surface area contributed by atoms with E-state index in [0.29, 0.717) is 6.42 Å². The van der Waals surface area contributed by atoms with E-state index in [1.54, 1.807) is 0 Å². The van der Waals surface area contributed by atoms with Gasteiger partial charge in [0.2, 0.25) is 0 Å². The summed E-state index contributed by atoms with van der Waals surface area (Å²) in [7, 11) is 3.01. The average molecular weight is 147 g/mol. The van der Waals surface area contributed by atoms with Gasteiger partial charge in [0.05, 0.1) is 0 Å². The summed E-state index contributed by atoms with van der Waals surface area (Å²) in [6, 6.07) is 0. The molecule has 0 aliphatic heterocycles. The molecule has 0 bridgehead atoms. The first-order valence-electron chi connectivity index (χ1n) is 3.16. The summed E-state index contributed by atoms with van der Waals surface area (Å²) in [6.07, 6.45) is 0.171. The number of rotatable bonds is 4. The first-order chi connectivity index (χ1) is 4.76. The number of nitrogens with one attached hydrogen (secondary N) is 1. The molecule has 0 fully saturated rings. The molecule has 60 valence electrons. The van der Waals surface area contributed by atoms with Gasteiger partial charge in [0.15, 0.2) is 6.10 Å². The predicted octanol–water partition coefficient (Wildman–Crippen LogP) is 0.0890. The number of methoxy groups -OCH3 is 1. The van der Waals surface area contributed by atoms with Crippen molar-refractivity contribution in [2.75, 3.05) is 14.2 Å². The lowest BCUT2D eigenvalue weighted by atomic mass is 10.3. The van der Waals surface area contributed by atoms with Crippen LogP contribution in [0.5, 0.6) is 0 Å². The molecule has 10 heavy (non-hydrogen) atoms. The van der Waals surface area contributed by atoms with E-state index in [-0.39, 0.29) is 5.97 Å².